The van der Waals surface area contributed by atoms with Crippen molar-refractivity contribution in [2.45, 2.75) is 0 Å². The van der Waals surface area contributed by atoms with Crippen LogP contribution in [0.25, 0.3) is 0 Å². The molecule has 0 unspecified atom stereocenters. The van der Waals surface area contributed by atoms with Gasteiger partial charge < -0.3 is 0 Å². The molecule has 0 aliphatic carbocycles. The fourth-order valence-corrected chi connectivity index (χ4v) is 0.605. The van der Waals surface area contributed by atoms with Crippen molar-refractivity contribution in [3.63, 3.8) is 0 Å². The molecule has 0 aliphatic heterocycles. The summed E-state index contributed by atoms with van der Waals surface area (Å²) in [5, 5.41) is 7.32. The summed E-state index contributed by atoms with van der Waals surface area (Å²) in [5.74, 6) is 0. The van der Waals surface area contributed by atoms with Crippen LogP contribution in [0.3, 0.4) is 0 Å². The van der Waals surface area contributed by atoms with E-state index in [4.69, 9.17) is 0 Å². The first kappa shape index (κ1) is 4.97. The zero-order chi connectivity index (χ0) is 5.11. The Balaban J connectivity index is 3.02. The van der Waals surface area contributed by atoms with Crippen molar-refractivity contribution in [1.82, 2.24) is 10.2 Å². The van der Waals surface area contributed by atoms with Crippen molar-refractivity contribution in [1.29, 1.82) is 0 Å². The Kier molecular flexibility index (Phi) is 1.57. The van der Waals surface area contributed by atoms with Gasteiger partial charge in [-0.25, -0.2) is 0 Å². The number of hydrogen-bond acceptors (Lipinski definition) is 2. The van der Waals surface area contributed by atoms with Crippen LogP contribution < -0.4 is 3.91 Å². The average molecular weight is 276 g/mol. The van der Waals surface area contributed by atoms with E-state index in [1.807, 2.05) is 12.1 Å². The Hall–Kier alpha value is -0.180. The predicted octanol–water partition coefficient (Wildman–Crippen LogP) is -0.351. The third-order valence-electron chi connectivity index (χ3n) is 0.519. The molecule has 0 atom stereocenters. The molecule has 0 aromatic carbocycles. The van der Waals surface area contributed by atoms with Crippen molar-refractivity contribution in [3.8, 4) is 0 Å². The van der Waals surface area contributed by atoms with Crippen LogP contribution in [0.2, 0.25) is 0 Å². The SMILES string of the molecule is [Au][c]1cccnn1. The van der Waals surface area contributed by atoms with Gasteiger partial charge in [-0.15, -0.1) is 0 Å². The third-order valence-corrected chi connectivity index (χ3v) is 1.10. The molecule has 2 nitrogen and oxygen atoms in total. The molecular formula is C4H3AuN2. The maximum atomic E-state index is 3.70. The average Bonchev–Trinajstić information content (AvgIpc) is 1.69. The molecule has 0 saturated heterocycles. The molecule has 0 aliphatic rings. The van der Waals surface area contributed by atoms with Gasteiger partial charge in [-0.1, -0.05) is 0 Å². The van der Waals surface area contributed by atoms with Crippen molar-refractivity contribution in [3.05, 3.63) is 18.3 Å². The molecule has 3 heteroatoms. The topological polar surface area (TPSA) is 25.8 Å². The summed E-state index contributed by atoms with van der Waals surface area (Å²) in [6, 6.07) is 3.73. The molecule has 0 saturated carbocycles. The first-order chi connectivity index (χ1) is 3.39. The summed E-state index contributed by atoms with van der Waals surface area (Å²) in [5.41, 5.74) is 0. The van der Waals surface area contributed by atoms with Gasteiger partial charge in [-0.2, -0.15) is 0 Å². The van der Waals surface area contributed by atoms with E-state index in [0.717, 1.165) is 3.91 Å². The zero-order valence-corrected chi connectivity index (χ0v) is 5.59. The Labute approximate surface area is 53.9 Å². The molecule has 0 amide bonds. The van der Waals surface area contributed by atoms with Crippen molar-refractivity contribution in [2.75, 3.05) is 0 Å². The molecule has 1 aromatic rings. The van der Waals surface area contributed by atoms with Gasteiger partial charge in [0, 0.05) is 0 Å². The minimum atomic E-state index is 0.905. The molecule has 0 N–H and O–H groups in total. The van der Waals surface area contributed by atoms with Gasteiger partial charge in [0.1, 0.15) is 0 Å². The van der Waals surface area contributed by atoms with E-state index >= 15 is 0 Å². The molecule has 1 aromatic heterocycles. The second-order valence-electron chi connectivity index (χ2n) is 1.01. The van der Waals surface area contributed by atoms with Crippen LogP contribution in [0.15, 0.2) is 18.3 Å². The molecule has 0 bridgehead atoms. The van der Waals surface area contributed by atoms with Crippen molar-refractivity contribution in [2.24, 2.45) is 0 Å². The van der Waals surface area contributed by atoms with E-state index < -0.39 is 0 Å². The van der Waals surface area contributed by atoms with Crippen LogP contribution in [0, 0.1) is 0 Å². The Morgan fingerprint density at radius 3 is 2.71 bits per heavy atom. The molecular weight excluding hydrogens is 273 g/mol. The van der Waals surface area contributed by atoms with Crippen LogP contribution >= 0.6 is 0 Å². The van der Waals surface area contributed by atoms with E-state index in [2.05, 4.69) is 31.3 Å². The summed E-state index contributed by atoms with van der Waals surface area (Å²) in [6.07, 6.45) is 1.65. The summed E-state index contributed by atoms with van der Waals surface area (Å²) < 4.78 is 0.905. The second-order valence-corrected chi connectivity index (χ2v) is 2.12. The van der Waals surface area contributed by atoms with Crippen LogP contribution in [-0.4, -0.2) is 10.2 Å². The number of rotatable bonds is 0. The molecule has 0 spiro atoms. The summed E-state index contributed by atoms with van der Waals surface area (Å²) in [6.45, 7) is 0. The van der Waals surface area contributed by atoms with Gasteiger partial charge in [0.25, 0.3) is 0 Å². The second kappa shape index (κ2) is 2.21. The number of hydrogen-bond donors (Lipinski definition) is 0. The molecule has 1 rings (SSSR count). The van der Waals surface area contributed by atoms with Gasteiger partial charge in [0.2, 0.25) is 0 Å². The van der Waals surface area contributed by atoms with Gasteiger partial charge in [-0.05, 0) is 0 Å². The molecule has 7 heavy (non-hydrogen) atoms. The van der Waals surface area contributed by atoms with E-state index in [-0.39, 0.29) is 0 Å². The standard InChI is InChI=1S/C4H3N2.Au/c1-2-4-6-5-3-1;/h1-3H;. The maximum absolute atomic E-state index is 3.70. The van der Waals surface area contributed by atoms with Crippen LogP contribution in [-0.2, 0) is 21.1 Å². The first-order valence-electron chi connectivity index (χ1n) is 1.79. The summed E-state index contributed by atoms with van der Waals surface area (Å²) in [7, 11) is 0. The van der Waals surface area contributed by atoms with Crippen LogP contribution in [0.1, 0.15) is 0 Å². The van der Waals surface area contributed by atoms with Gasteiger partial charge >= 0.3 is 53.5 Å². The zero-order valence-electron chi connectivity index (χ0n) is 3.43. The third kappa shape index (κ3) is 1.39. The van der Waals surface area contributed by atoms with Crippen molar-refractivity contribution >= 4 is 3.91 Å². The monoisotopic (exact) mass is 276 g/mol. The Morgan fingerprint density at radius 1 is 1.57 bits per heavy atom. The number of nitrogens with zero attached hydrogens (tertiary/aromatic N) is 2. The predicted molar refractivity (Wildman–Crippen MR) is 21.7 cm³/mol. The number of aromatic nitrogens is 2. The van der Waals surface area contributed by atoms with E-state index in [1.165, 1.54) is 0 Å². The summed E-state index contributed by atoms with van der Waals surface area (Å²) in [4.78, 5) is 0. The van der Waals surface area contributed by atoms with E-state index in [0.29, 0.717) is 0 Å². The molecule has 40 valence electrons. The fraction of sp³-hybridized carbons (Fsp3) is 0. The van der Waals surface area contributed by atoms with Gasteiger partial charge in [0.05, 0.1) is 0 Å². The van der Waals surface area contributed by atoms with Gasteiger partial charge in [-0.3, -0.25) is 0 Å². The summed E-state index contributed by atoms with van der Waals surface area (Å²) >= 11 is 2.27. The molecule has 0 fully saturated rings. The van der Waals surface area contributed by atoms with Crippen LogP contribution in [0.4, 0.5) is 0 Å². The van der Waals surface area contributed by atoms with Gasteiger partial charge in [0.15, 0.2) is 0 Å². The Morgan fingerprint density at radius 2 is 2.43 bits per heavy atom. The quantitative estimate of drug-likeness (QED) is 0.605. The van der Waals surface area contributed by atoms with E-state index in [9.17, 15) is 0 Å². The van der Waals surface area contributed by atoms with Crippen molar-refractivity contribution < 1.29 is 21.1 Å². The molecule has 1 heterocycles. The van der Waals surface area contributed by atoms with Crippen LogP contribution in [0.5, 0.6) is 0 Å². The Bertz CT molecular complexity index is 140. The van der Waals surface area contributed by atoms with E-state index in [1.54, 1.807) is 6.20 Å². The fourth-order valence-electron chi connectivity index (χ4n) is 0.271. The normalized spacial score (nSPS) is 8.86. The minimum absolute atomic E-state index is 0.905. The first-order valence-corrected chi connectivity index (χ1v) is 2.87. The molecule has 0 radical (unpaired) electrons.